The van der Waals surface area contributed by atoms with Crippen LogP contribution in [0.15, 0.2) is 35.3 Å². The summed E-state index contributed by atoms with van der Waals surface area (Å²) in [5, 5.41) is 3.48. The molecule has 0 bridgehead atoms. The zero-order chi connectivity index (χ0) is 13.6. The van der Waals surface area contributed by atoms with Gasteiger partial charge < -0.3 is 10.1 Å². The first-order valence-electron chi connectivity index (χ1n) is 6.19. The number of halogens is 1. The number of hydrogen-bond donors (Lipinski definition) is 1. The van der Waals surface area contributed by atoms with Crippen molar-refractivity contribution in [1.29, 1.82) is 0 Å². The van der Waals surface area contributed by atoms with E-state index in [1.807, 2.05) is 18.2 Å². The van der Waals surface area contributed by atoms with Crippen LogP contribution in [0, 0.1) is 0 Å². The van der Waals surface area contributed by atoms with E-state index >= 15 is 0 Å². The molecule has 0 aliphatic rings. The van der Waals surface area contributed by atoms with Gasteiger partial charge in [-0.25, -0.2) is 0 Å². The number of benzene rings is 1. The van der Waals surface area contributed by atoms with E-state index < -0.39 is 0 Å². The Morgan fingerprint density at radius 3 is 2.72 bits per heavy atom. The first-order valence-corrected chi connectivity index (χ1v) is 6.99. The predicted molar refractivity (Wildman–Crippen MR) is 81.0 cm³/mol. The molecule has 0 atom stereocenters. The van der Waals surface area contributed by atoms with Crippen LogP contribution in [0.2, 0.25) is 0 Å². The van der Waals surface area contributed by atoms with E-state index in [4.69, 9.17) is 4.74 Å². The third-order valence-corrected chi connectivity index (χ3v) is 2.90. The Balaban J connectivity index is 2.73. The normalized spacial score (nSPS) is 11.3. The summed E-state index contributed by atoms with van der Waals surface area (Å²) in [5.74, 6) is 0.941. The summed E-state index contributed by atoms with van der Waals surface area (Å²) in [6, 6.07) is 6.11. The molecule has 100 valence electrons. The monoisotopic (exact) mass is 311 g/mol. The predicted octanol–water partition coefficient (Wildman–Crippen LogP) is 4.29. The molecule has 1 N–H and O–H groups in total. The summed E-state index contributed by atoms with van der Waals surface area (Å²) in [6.45, 7) is 11.6. The van der Waals surface area contributed by atoms with Gasteiger partial charge in [-0.15, -0.1) is 6.58 Å². The molecule has 18 heavy (non-hydrogen) atoms. The summed E-state index contributed by atoms with van der Waals surface area (Å²) in [6.07, 6.45) is 2.73. The third-order valence-electron chi connectivity index (χ3n) is 2.41. The first kappa shape index (κ1) is 15.3. The highest BCUT2D eigenvalue weighted by Crippen LogP contribution is 2.24. The standard InChI is InChI=1S/C15H22BrNO/c1-5-6-9-18-14-8-7-13(16)10-12(14)11-17-15(2,3)4/h5,7-8,10,17H,1,6,9,11H2,2-4H3. The van der Waals surface area contributed by atoms with Crippen molar-refractivity contribution in [2.75, 3.05) is 6.61 Å². The molecular weight excluding hydrogens is 290 g/mol. The molecule has 0 fully saturated rings. The van der Waals surface area contributed by atoms with Gasteiger partial charge >= 0.3 is 0 Å². The van der Waals surface area contributed by atoms with Crippen LogP contribution in [0.5, 0.6) is 5.75 Å². The van der Waals surface area contributed by atoms with Gasteiger partial charge in [-0.3, -0.25) is 0 Å². The van der Waals surface area contributed by atoms with Crippen LogP contribution in [0.3, 0.4) is 0 Å². The lowest BCUT2D eigenvalue weighted by atomic mass is 10.1. The highest BCUT2D eigenvalue weighted by molar-refractivity contribution is 9.10. The van der Waals surface area contributed by atoms with Gasteiger partial charge in [-0.1, -0.05) is 22.0 Å². The molecule has 0 saturated carbocycles. The second kappa shape index (κ2) is 6.95. The number of rotatable bonds is 6. The minimum Gasteiger partial charge on any atom is -0.493 e. The molecule has 2 nitrogen and oxygen atoms in total. The van der Waals surface area contributed by atoms with Crippen LogP contribution in [0.25, 0.3) is 0 Å². The van der Waals surface area contributed by atoms with Crippen molar-refractivity contribution in [1.82, 2.24) is 5.32 Å². The van der Waals surface area contributed by atoms with Crippen molar-refractivity contribution in [3.8, 4) is 5.75 Å². The number of nitrogens with one attached hydrogen (secondary N) is 1. The second-order valence-corrected chi connectivity index (χ2v) is 6.20. The topological polar surface area (TPSA) is 21.3 Å². The largest absolute Gasteiger partial charge is 0.493 e. The maximum absolute atomic E-state index is 5.77. The van der Waals surface area contributed by atoms with Crippen LogP contribution in [-0.2, 0) is 6.54 Å². The van der Waals surface area contributed by atoms with Crippen molar-refractivity contribution in [2.24, 2.45) is 0 Å². The highest BCUT2D eigenvalue weighted by Gasteiger charge is 2.11. The smallest absolute Gasteiger partial charge is 0.123 e. The molecular formula is C15H22BrNO. The minimum atomic E-state index is 0.0979. The zero-order valence-electron chi connectivity index (χ0n) is 11.4. The van der Waals surface area contributed by atoms with E-state index in [2.05, 4.69) is 54.7 Å². The Bertz CT molecular complexity index is 396. The fourth-order valence-corrected chi connectivity index (χ4v) is 1.85. The average molecular weight is 312 g/mol. The van der Waals surface area contributed by atoms with Gasteiger partial charge in [0.15, 0.2) is 0 Å². The van der Waals surface area contributed by atoms with Crippen LogP contribution in [-0.4, -0.2) is 12.1 Å². The van der Waals surface area contributed by atoms with Crippen LogP contribution >= 0.6 is 15.9 Å². The number of hydrogen-bond acceptors (Lipinski definition) is 2. The molecule has 0 radical (unpaired) electrons. The summed E-state index contributed by atoms with van der Waals surface area (Å²) < 4.78 is 6.84. The van der Waals surface area contributed by atoms with Gasteiger partial charge in [-0.05, 0) is 45.4 Å². The second-order valence-electron chi connectivity index (χ2n) is 5.28. The Labute approximate surface area is 119 Å². The molecule has 3 heteroatoms. The fraction of sp³-hybridized carbons (Fsp3) is 0.467. The van der Waals surface area contributed by atoms with Crippen LogP contribution in [0.4, 0.5) is 0 Å². The van der Waals surface area contributed by atoms with Crippen molar-refractivity contribution in [3.05, 3.63) is 40.9 Å². The molecule has 0 aliphatic carbocycles. The maximum Gasteiger partial charge on any atom is 0.123 e. The van der Waals surface area contributed by atoms with Gasteiger partial charge in [-0.2, -0.15) is 0 Å². The van der Waals surface area contributed by atoms with Crippen LogP contribution in [0.1, 0.15) is 32.8 Å². The number of ether oxygens (including phenoxy) is 1. The lowest BCUT2D eigenvalue weighted by Crippen LogP contribution is -2.35. The van der Waals surface area contributed by atoms with E-state index in [1.165, 1.54) is 5.56 Å². The molecule has 0 heterocycles. The summed E-state index contributed by atoms with van der Waals surface area (Å²) >= 11 is 3.50. The quantitative estimate of drug-likeness (QED) is 0.625. The molecule has 0 aliphatic heterocycles. The Morgan fingerprint density at radius 2 is 2.11 bits per heavy atom. The summed E-state index contributed by atoms with van der Waals surface area (Å²) in [4.78, 5) is 0. The van der Waals surface area contributed by atoms with E-state index in [-0.39, 0.29) is 5.54 Å². The lowest BCUT2D eigenvalue weighted by molar-refractivity contribution is 0.318. The van der Waals surface area contributed by atoms with Gasteiger partial charge in [0.25, 0.3) is 0 Å². The van der Waals surface area contributed by atoms with Crippen LogP contribution < -0.4 is 10.1 Å². The Morgan fingerprint density at radius 1 is 1.39 bits per heavy atom. The van der Waals surface area contributed by atoms with Gasteiger partial charge in [0, 0.05) is 22.1 Å². The van der Waals surface area contributed by atoms with Crippen molar-refractivity contribution in [3.63, 3.8) is 0 Å². The Kier molecular flexibility index (Phi) is 5.89. The molecule has 1 aromatic carbocycles. The van der Waals surface area contributed by atoms with Gasteiger partial charge in [0.1, 0.15) is 5.75 Å². The van der Waals surface area contributed by atoms with Crippen molar-refractivity contribution >= 4 is 15.9 Å². The van der Waals surface area contributed by atoms with Crippen molar-refractivity contribution < 1.29 is 4.74 Å². The lowest BCUT2D eigenvalue weighted by Gasteiger charge is -2.21. The Hall–Kier alpha value is -0.800. The zero-order valence-corrected chi connectivity index (χ0v) is 13.0. The maximum atomic E-state index is 5.77. The summed E-state index contributed by atoms with van der Waals surface area (Å²) in [7, 11) is 0. The third kappa shape index (κ3) is 5.69. The van der Waals surface area contributed by atoms with E-state index in [9.17, 15) is 0 Å². The van der Waals surface area contributed by atoms with Crippen molar-refractivity contribution in [2.45, 2.75) is 39.3 Å². The molecule has 0 amide bonds. The SMILES string of the molecule is C=CCCOc1ccc(Br)cc1CNC(C)(C)C. The van der Waals surface area contributed by atoms with E-state index in [0.717, 1.165) is 23.2 Å². The molecule has 0 spiro atoms. The van der Waals surface area contributed by atoms with Gasteiger partial charge in [0.2, 0.25) is 0 Å². The highest BCUT2D eigenvalue weighted by atomic mass is 79.9. The molecule has 1 aromatic rings. The molecule has 0 saturated heterocycles. The van der Waals surface area contributed by atoms with E-state index in [0.29, 0.717) is 6.61 Å². The first-order chi connectivity index (χ1) is 8.42. The average Bonchev–Trinajstić information content (AvgIpc) is 2.28. The summed E-state index contributed by atoms with van der Waals surface area (Å²) in [5.41, 5.74) is 1.27. The molecule has 0 aromatic heterocycles. The minimum absolute atomic E-state index is 0.0979. The molecule has 1 rings (SSSR count). The van der Waals surface area contributed by atoms with Gasteiger partial charge in [0.05, 0.1) is 6.61 Å². The fourth-order valence-electron chi connectivity index (χ4n) is 1.44. The van der Waals surface area contributed by atoms with E-state index in [1.54, 1.807) is 0 Å². The molecule has 0 unspecified atom stereocenters.